The van der Waals surface area contributed by atoms with E-state index in [1.807, 2.05) is 48.5 Å². The molecule has 1 unspecified atom stereocenters. The molecular weight excluding hydrogens is 625 g/mol. The third-order valence-electron chi connectivity index (χ3n) is 8.44. The van der Waals surface area contributed by atoms with Crippen LogP contribution in [0.4, 0.5) is 33.1 Å². The number of rotatable bonds is 13. The van der Waals surface area contributed by atoms with Gasteiger partial charge in [-0.1, -0.05) is 36.9 Å². The molecule has 1 aromatic heterocycles. The first-order valence-corrected chi connectivity index (χ1v) is 16.2. The Balaban J connectivity index is 1.21. The van der Waals surface area contributed by atoms with E-state index in [1.54, 1.807) is 24.3 Å². The van der Waals surface area contributed by atoms with Crippen LogP contribution < -0.4 is 30.1 Å². The first-order chi connectivity index (χ1) is 23.9. The number of aromatic nitrogens is 2. The molecule has 0 radical (unpaired) electrons. The molecule has 0 spiro atoms. The number of benzene rings is 3. The number of halogens is 1. The summed E-state index contributed by atoms with van der Waals surface area (Å²) in [6.07, 6.45) is 5.37. The summed E-state index contributed by atoms with van der Waals surface area (Å²) in [5.41, 5.74) is 3.84. The van der Waals surface area contributed by atoms with Crippen molar-refractivity contribution in [1.82, 2.24) is 14.9 Å². The minimum atomic E-state index is -0.312. The fourth-order valence-corrected chi connectivity index (χ4v) is 6.01. The number of hydrogen-bond acceptors (Lipinski definition) is 10. The van der Waals surface area contributed by atoms with Gasteiger partial charge in [-0.15, -0.1) is 6.58 Å². The molecule has 3 heterocycles. The van der Waals surface area contributed by atoms with Crippen LogP contribution >= 0.6 is 0 Å². The van der Waals surface area contributed by atoms with Crippen LogP contribution in [-0.4, -0.2) is 67.2 Å². The number of hydrogen-bond donors (Lipinski definition) is 2. The zero-order valence-electron chi connectivity index (χ0n) is 27.5. The third kappa shape index (κ3) is 8.16. The second kappa shape index (κ2) is 15.6. The molecule has 49 heavy (non-hydrogen) atoms. The molecule has 2 N–H and O–H groups in total. The van der Waals surface area contributed by atoms with Crippen molar-refractivity contribution >= 4 is 34.6 Å². The Morgan fingerprint density at radius 3 is 2.65 bits per heavy atom. The Morgan fingerprint density at radius 2 is 1.88 bits per heavy atom. The van der Waals surface area contributed by atoms with E-state index >= 15 is 0 Å². The number of ether oxygens (including phenoxy) is 2. The topological polar surface area (TPSA) is 104 Å². The number of amides is 1. The molecule has 11 nitrogen and oxygen atoms in total. The third-order valence-corrected chi connectivity index (χ3v) is 8.44. The van der Waals surface area contributed by atoms with E-state index in [4.69, 9.17) is 14.3 Å². The van der Waals surface area contributed by atoms with Gasteiger partial charge in [0.15, 0.2) is 5.82 Å². The number of methoxy groups -OCH3 is 1. The Labute approximate surface area is 285 Å². The molecule has 1 amide bonds. The number of anilines is 5. The predicted molar refractivity (Wildman–Crippen MR) is 189 cm³/mol. The maximum Gasteiger partial charge on any atom is 0.247 e. The lowest BCUT2D eigenvalue weighted by Gasteiger charge is -2.36. The van der Waals surface area contributed by atoms with Gasteiger partial charge in [0.2, 0.25) is 5.91 Å². The summed E-state index contributed by atoms with van der Waals surface area (Å²) in [5, 5.41) is 8.10. The van der Waals surface area contributed by atoms with Crippen LogP contribution in [0.25, 0.3) is 0 Å². The van der Waals surface area contributed by atoms with Crippen molar-refractivity contribution in [2.24, 2.45) is 0 Å². The molecule has 12 heteroatoms. The first-order valence-electron chi connectivity index (χ1n) is 16.2. The van der Waals surface area contributed by atoms with Crippen LogP contribution in [0.3, 0.4) is 0 Å². The summed E-state index contributed by atoms with van der Waals surface area (Å²) in [7, 11) is 1.61. The SMILES string of the molecule is C=CCN1CCN(c2cc(OC)c(Nc3cc(N4OCCC4c4cccc(OCc5cccc(F)c5)c4)ncn3)cc2NC(=O)C=C)CC1. The minimum absolute atomic E-state index is 0.123. The standard InChI is InChI=1S/C37H40FN7O4/c1-4-13-43-14-16-44(17-15-43)33-22-34(47-3)31(21-30(33)42-37(46)5-2)41-35-23-36(40-25-39-35)45-32(12-18-49-45)27-9-7-11-29(20-27)48-24-26-8-6-10-28(38)19-26/h4-11,19-23,25,32H,1-2,12-18,24H2,3H3,(H,42,46)(H,39,40,41). The highest BCUT2D eigenvalue weighted by molar-refractivity contribution is 6.02. The van der Waals surface area contributed by atoms with E-state index in [2.05, 4.69) is 43.6 Å². The zero-order valence-corrected chi connectivity index (χ0v) is 27.5. The number of hydroxylamine groups is 1. The summed E-state index contributed by atoms with van der Waals surface area (Å²) in [5.74, 6) is 1.73. The number of nitrogens with zero attached hydrogens (tertiary/aromatic N) is 5. The highest BCUT2D eigenvalue weighted by Gasteiger charge is 2.30. The molecule has 2 fully saturated rings. The first kappa shape index (κ1) is 33.4. The lowest BCUT2D eigenvalue weighted by atomic mass is 10.0. The van der Waals surface area contributed by atoms with Gasteiger partial charge in [-0.25, -0.2) is 19.4 Å². The number of carbonyl (C=O) groups excluding carboxylic acids is 1. The van der Waals surface area contributed by atoms with Gasteiger partial charge in [0.1, 0.15) is 36.1 Å². The maximum absolute atomic E-state index is 13.6. The van der Waals surface area contributed by atoms with Crippen LogP contribution in [0.5, 0.6) is 11.5 Å². The molecule has 3 aromatic carbocycles. The van der Waals surface area contributed by atoms with Crippen molar-refractivity contribution in [2.75, 3.05) is 67.0 Å². The quantitative estimate of drug-likeness (QED) is 0.126. The van der Waals surface area contributed by atoms with Gasteiger partial charge >= 0.3 is 0 Å². The Kier molecular flexibility index (Phi) is 10.7. The van der Waals surface area contributed by atoms with E-state index in [0.717, 1.165) is 56.0 Å². The van der Waals surface area contributed by atoms with Gasteiger partial charge in [-0.05, 0) is 47.5 Å². The van der Waals surface area contributed by atoms with Crippen LogP contribution in [-0.2, 0) is 16.2 Å². The fraction of sp³-hybridized carbons (Fsp3) is 0.270. The van der Waals surface area contributed by atoms with Crippen molar-refractivity contribution in [2.45, 2.75) is 19.1 Å². The van der Waals surface area contributed by atoms with Crippen molar-refractivity contribution in [3.8, 4) is 11.5 Å². The van der Waals surface area contributed by atoms with E-state index in [1.165, 1.54) is 24.5 Å². The molecule has 0 saturated carbocycles. The average molecular weight is 666 g/mol. The van der Waals surface area contributed by atoms with Gasteiger partial charge in [-0.2, -0.15) is 0 Å². The monoisotopic (exact) mass is 665 g/mol. The fourth-order valence-electron chi connectivity index (χ4n) is 6.01. The van der Waals surface area contributed by atoms with Crippen LogP contribution in [0.2, 0.25) is 0 Å². The molecule has 2 aliphatic rings. The van der Waals surface area contributed by atoms with Gasteiger partial charge < -0.3 is 25.0 Å². The number of nitrogens with one attached hydrogen (secondary N) is 2. The molecule has 2 aliphatic heterocycles. The number of carbonyl (C=O) groups is 1. The summed E-state index contributed by atoms with van der Waals surface area (Å²) in [6.45, 7) is 12.4. The van der Waals surface area contributed by atoms with E-state index in [-0.39, 0.29) is 24.4 Å². The average Bonchev–Trinajstić information content (AvgIpc) is 3.62. The molecule has 0 aliphatic carbocycles. The predicted octanol–water partition coefficient (Wildman–Crippen LogP) is 6.26. The van der Waals surface area contributed by atoms with Gasteiger partial charge in [0.25, 0.3) is 0 Å². The molecular formula is C37H40FN7O4. The van der Waals surface area contributed by atoms with Crippen molar-refractivity contribution in [3.63, 3.8) is 0 Å². The molecule has 2 saturated heterocycles. The lowest BCUT2D eigenvalue weighted by Crippen LogP contribution is -2.46. The molecule has 1 atom stereocenters. The zero-order chi connectivity index (χ0) is 34.2. The normalized spacial score (nSPS) is 16.2. The summed E-state index contributed by atoms with van der Waals surface area (Å²) in [4.78, 5) is 32.1. The second-order valence-electron chi connectivity index (χ2n) is 11.7. The Morgan fingerprint density at radius 1 is 1.04 bits per heavy atom. The summed E-state index contributed by atoms with van der Waals surface area (Å²) >= 11 is 0. The summed E-state index contributed by atoms with van der Waals surface area (Å²) in [6, 6.07) is 19.6. The van der Waals surface area contributed by atoms with Crippen LogP contribution in [0.1, 0.15) is 23.6 Å². The molecule has 254 valence electrons. The second-order valence-corrected chi connectivity index (χ2v) is 11.7. The Hall–Kier alpha value is -5.46. The highest BCUT2D eigenvalue weighted by Crippen LogP contribution is 2.40. The van der Waals surface area contributed by atoms with Crippen LogP contribution in [0.15, 0.2) is 98.4 Å². The van der Waals surface area contributed by atoms with Gasteiger partial charge in [-0.3, -0.25) is 14.5 Å². The smallest absolute Gasteiger partial charge is 0.247 e. The maximum atomic E-state index is 13.6. The highest BCUT2D eigenvalue weighted by atomic mass is 19.1. The van der Waals surface area contributed by atoms with Crippen molar-refractivity contribution < 1.29 is 23.5 Å². The van der Waals surface area contributed by atoms with E-state index in [9.17, 15) is 9.18 Å². The van der Waals surface area contributed by atoms with Crippen molar-refractivity contribution in [1.29, 1.82) is 0 Å². The minimum Gasteiger partial charge on any atom is -0.494 e. The summed E-state index contributed by atoms with van der Waals surface area (Å²) < 4.78 is 25.4. The Bertz CT molecular complexity index is 1800. The van der Waals surface area contributed by atoms with Crippen molar-refractivity contribution in [3.05, 3.63) is 115 Å². The van der Waals surface area contributed by atoms with Crippen LogP contribution in [0, 0.1) is 5.82 Å². The van der Waals surface area contributed by atoms with Gasteiger partial charge in [0.05, 0.1) is 36.8 Å². The number of piperazine rings is 1. The largest absolute Gasteiger partial charge is 0.494 e. The molecule has 6 rings (SSSR count). The van der Waals surface area contributed by atoms with Gasteiger partial charge in [0, 0.05) is 51.3 Å². The van der Waals surface area contributed by atoms with E-state index < -0.39 is 0 Å². The molecule has 0 bridgehead atoms. The lowest BCUT2D eigenvalue weighted by molar-refractivity contribution is -0.111. The molecule has 4 aromatic rings. The van der Waals surface area contributed by atoms with E-state index in [0.29, 0.717) is 41.1 Å².